The van der Waals surface area contributed by atoms with E-state index in [0.717, 1.165) is 25.7 Å². The lowest BCUT2D eigenvalue weighted by atomic mass is 9.81. The van der Waals surface area contributed by atoms with Crippen molar-refractivity contribution in [2.45, 2.75) is 52.4 Å². The lowest BCUT2D eigenvalue weighted by molar-refractivity contribution is -0.147. The number of hydrogen-bond acceptors (Lipinski definition) is 1. The van der Waals surface area contributed by atoms with Crippen molar-refractivity contribution in [1.29, 1.82) is 0 Å². The minimum absolute atomic E-state index is 0.481. The second kappa shape index (κ2) is 6.58. The Hall–Kier alpha value is -1.31. The van der Waals surface area contributed by atoms with Gasteiger partial charge in [0.25, 0.3) is 0 Å². The van der Waals surface area contributed by atoms with E-state index in [1.807, 2.05) is 19.9 Å². The van der Waals surface area contributed by atoms with E-state index in [0.29, 0.717) is 5.92 Å². The zero-order valence-electron chi connectivity index (χ0n) is 11.6. The third-order valence-corrected chi connectivity index (χ3v) is 3.60. The minimum atomic E-state index is -0.703. The second-order valence-electron chi connectivity index (χ2n) is 5.62. The first-order chi connectivity index (χ1) is 8.47. The Morgan fingerprint density at radius 3 is 2.33 bits per heavy atom. The zero-order chi connectivity index (χ0) is 13.6. The molecule has 1 aromatic carbocycles. The highest BCUT2D eigenvalue weighted by Gasteiger charge is 2.27. The van der Waals surface area contributed by atoms with Gasteiger partial charge in [0, 0.05) is 0 Å². The standard InChI is InChI=1S/C16H24O2/c1-4-8-13(14-9-6-5-7-10-14)11-12-16(2,3)15(17)18/h5-7,9-10,13H,4,8,11-12H2,1-3H3,(H,17,18). The lowest BCUT2D eigenvalue weighted by Crippen LogP contribution is -2.24. The molecular formula is C16H24O2. The zero-order valence-corrected chi connectivity index (χ0v) is 11.6. The van der Waals surface area contributed by atoms with Gasteiger partial charge in [0.1, 0.15) is 0 Å². The molecule has 0 amide bonds. The Morgan fingerprint density at radius 2 is 1.83 bits per heavy atom. The molecular weight excluding hydrogens is 224 g/mol. The highest BCUT2D eigenvalue weighted by molar-refractivity contribution is 5.73. The fourth-order valence-electron chi connectivity index (χ4n) is 2.19. The SMILES string of the molecule is CCCC(CCC(C)(C)C(=O)O)c1ccccc1. The molecule has 0 aromatic heterocycles. The molecule has 18 heavy (non-hydrogen) atoms. The molecule has 0 bridgehead atoms. The van der Waals surface area contributed by atoms with Crippen LogP contribution in [0.15, 0.2) is 30.3 Å². The number of hydrogen-bond donors (Lipinski definition) is 1. The van der Waals surface area contributed by atoms with Crippen LogP contribution in [0.5, 0.6) is 0 Å². The quantitative estimate of drug-likeness (QED) is 0.773. The molecule has 0 aliphatic carbocycles. The molecule has 2 heteroatoms. The van der Waals surface area contributed by atoms with Gasteiger partial charge in [0.2, 0.25) is 0 Å². The number of carbonyl (C=O) groups is 1. The Morgan fingerprint density at radius 1 is 1.22 bits per heavy atom. The van der Waals surface area contributed by atoms with Crippen molar-refractivity contribution < 1.29 is 9.90 Å². The van der Waals surface area contributed by atoms with Gasteiger partial charge >= 0.3 is 5.97 Å². The van der Waals surface area contributed by atoms with Crippen molar-refractivity contribution in [2.24, 2.45) is 5.41 Å². The molecule has 1 rings (SSSR count). The summed E-state index contributed by atoms with van der Waals surface area (Å²) in [5, 5.41) is 9.15. The maximum Gasteiger partial charge on any atom is 0.309 e. The normalized spacial score (nSPS) is 13.3. The van der Waals surface area contributed by atoms with Gasteiger partial charge in [-0.1, -0.05) is 43.7 Å². The summed E-state index contributed by atoms with van der Waals surface area (Å²) < 4.78 is 0. The second-order valence-corrected chi connectivity index (χ2v) is 5.62. The van der Waals surface area contributed by atoms with Crippen LogP contribution >= 0.6 is 0 Å². The van der Waals surface area contributed by atoms with Gasteiger partial charge in [-0.05, 0) is 44.6 Å². The maximum absolute atomic E-state index is 11.1. The molecule has 2 nitrogen and oxygen atoms in total. The summed E-state index contributed by atoms with van der Waals surface area (Å²) in [6.45, 7) is 5.80. The van der Waals surface area contributed by atoms with Gasteiger partial charge in [0.05, 0.1) is 5.41 Å². The summed E-state index contributed by atoms with van der Waals surface area (Å²) >= 11 is 0. The van der Waals surface area contributed by atoms with Crippen LogP contribution in [0.3, 0.4) is 0 Å². The molecule has 0 aliphatic heterocycles. The van der Waals surface area contributed by atoms with E-state index in [1.165, 1.54) is 5.56 Å². The molecule has 1 atom stereocenters. The predicted octanol–water partition coefficient (Wildman–Crippen LogP) is 4.46. The van der Waals surface area contributed by atoms with E-state index in [1.54, 1.807) is 0 Å². The molecule has 0 saturated carbocycles. The molecule has 1 aromatic rings. The predicted molar refractivity (Wildman–Crippen MR) is 74.7 cm³/mol. The average molecular weight is 248 g/mol. The number of rotatable bonds is 7. The van der Waals surface area contributed by atoms with Crippen molar-refractivity contribution in [3.8, 4) is 0 Å². The molecule has 0 saturated heterocycles. The van der Waals surface area contributed by atoms with Crippen LogP contribution in [0.25, 0.3) is 0 Å². The highest BCUT2D eigenvalue weighted by Crippen LogP contribution is 2.32. The summed E-state index contributed by atoms with van der Waals surface area (Å²) in [6.07, 6.45) is 3.92. The van der Waals surface area contributed by atoms with Crippen molar-refractivity contribution in [3.63, 3.8) is 0 Å². The van der Waals surface area contributed by atoms with E-state index in [2.05, 4.69) is 31.2 Å². The summed E-state index contributed by atoms with van der Waals surface area (Å²) in [5.41, 5.74) is 0.710. The topological polar surface area (TPSA) is 37.3 Å². The summed E-state index contributed by atoms with van der Waals surface area (Å²) in [7, 11) is 0. The number of carboxylic acids is 1. The van der Waals surface area contributed by atoms with Crippen molar-refractivity contribution >= 4 is 5.97 Å². The van der Waals surface area contributed by atoms with Crippen LogP contribution < -0.4 is 0 Å². The van der Waals surface area contributed by atoms with Gasteiger partial charge < -0.3 is 5.11 Å². The van der Waals surface area contributed by atoms with E-state index in [-0.39, 0.29) is 0 Å². The van der Waals surface area contributed by atoms with E-state index < -0.39 is 11.4 Å². The Kier molecular flexibility index (Phi) is 5.39. The molecule has 0 spiro atoms. The molecule has 1 unspecified atom stereocenters. The monoisotopic (exact) mass is 248 g/mol. The van der Waals surface area contributed by atoms with Crippen LogP contribution in [0.4, 0.5) is 0 Å². The van der Waals surface area contributed by atoms with Crippen LogP contribution in [0, 0.1) is 5.41 Å². The molecule has 0 fully saturated rings. The first kappa shape index (κ1) is 14.7. The summed E-state index contributed by atoms with van der Waals surface area (Å²) in [4.78, 5) is 11.1. The lowest BCUT2D eigenvalue weighted by Gasteiger charge is -2.23. The number of carboxylic acid groups (broad SMARTS) is 1. The van der Waals surface area contributed by atoms with Crippen molar-refractivity contribution in [2.75, 3.05) is 0 Å². The largest absolute Gasteiger partial charge is 0.481 e. The minimum Gasteiger partial charge on any atom is -0.481 e. The molecule has 0 aliphatic rings. The van der Waals surface area contributed by atoms with Gasteiger partial charge in [-0.2, -0.15) is 0 Å². The fourth-order valence-corrected chi connectivity index (χ4v) is 2.19. The van der Waals surface area contributed by atoms with E-state index >= 15 is 0 Å². The van der Waals surface area contributed by atoms with E-state index in [4.69, 9.17) is 5.11 Å². The average Bonchev–Trinajstić information content (AvgIpc) is 2.35. The van der Waals surface area contributed by atoms with Crippen LogP contribution in [0.2, 0.25) is 0 Å². The van der Waals surface area contributed by atoms with Crippen LogP contribution in [0.1, 0.15) is 57.9 Å². The van der Waals surface area contributed by atoms with Gasteiger partial charge in [-0.25, -0.2) is 0 Å². The Bertz CT molecular complexity index is 368. The fraction of sp³-hybridized carbons (Fsp3) is 0.562. The number of benzene rings is 1. The Labute approximate surface area is 110 Å². The third-order valence-electron chi connectivity index (χ3n) is 3.60. The summed E-state index contributed by atoms with van der Waals surface area (Å²) in [5.74, 6) is -0.222. The molecule has 100 valence electrons. The van der Waals surface area contributed by atoms with E-state index in [9.17, 15) is 4.79 Å². The first-order valence-electron chi connectivity index (χ1n) is 6.75. The van der Waals surface area contributed by atoms with Crippen molar-refractivity contribution in [3.05, 3.63) is 35.9 Å². The first-order valence-corrected chi connectivity index (χ1v) is 6.75. The smallest absolute Gasteiger partial charge is 0.309 e. The number of aliphatic carboxylic acids is 1. The Balaban J connectivity index is 2.68. The van der Waals surface area contributed by atoms with Crippen LogP contribution in [-0.4, -0.2) is 11.1 Å². The van der Waals surface area contributed by atoms with Crippen molar-refractivity contribution in [1.82, 2.24) is 0 Å². The van der Waals surface area contributed by atoms with Gasteiger partial charge in [-0.3, -0.25) is 4.79 Å². The molecule has 0 radical (unpaired) electrons. The van der Waals surface area contributed by atoms with Crippen LogP contribution in [-0.2, 0) is 4.79 Å². The molecule has 0 heterocycles. The van der Waals surface area contributed by atoms with Gasteiger partial charge in [0.15, 0.2) is 0 Å². The van der Waals surface area contributed by atoms with Gasteiger partial charge in [-0.15, -0.1) is 0 Å². The maximum atomic E-state index is 11.1. The summed E-state index contributed by atoms with van der Waals surface area (Å²) in [6, 6.07) is 10.4. The molecule has 1 N–H and O–H groups in total. The highest BCUT2D eigenvalue weighted by atomic mass is 16.4. The third kappa shape index (κ3) is 4.17.